The first-order chi connectivity index (χ1) is 10.9. The van der Waals surface area contributed by atoms with Crippen LogP contribution in [0.5, 0.6) is 0 Å². The lowest BCUT2D eigenvalue weighted by molar-refractivity contribution is 0.000999. The topological polar surface area (TPSA) is 0 Å². The summed E-state index contributed by atoms with van der Waals surface area (Å²) in [5.74, 6) is 6.84. The van der Waals surface area contributed by atoms with E-state index in [1.165, 1.54) is 6.42 Å². The fourth-order valence-electron chi connectivity index (χ4n) is 7.39. The normalized spacial score (nSPS) is 44.5. The Kier molecular flexibility index (Phi) is 5.13. The van der Waals surface area contributed by atoms with E-state index < -0.39 is 0 Å². The van der Waals surface area contributed by atoms with Crippen LogP contribution in [0.15, 0.2) is 0 Å². The molecule has 0 spiro atoms. The summed E-state index contributed by atoms with van der Waals surface area (Å²) >= 11 is 0. The van der Waals surface area contributed by atoms with E-state index >= 15 is 0 Å². The van der Waals surface area contributed by atoms with Gasteiger partial charge in [0.1, 0.15) is 0 Å². The van der Waals surface area contributed by atoms with Gasteiger partial charge in [-0.2, -0.15) is 0 Å². The van der Waals surface area contributed by atoms with Gasteiger partial charge in [0.05, 0.1) is 0 Å². The second-order valence-corrected chi connectivity index (χ2v) is 9.31. The first-order valence-corrected chi connectivity index (χ1v) is 10.9. The molecule has 0 nitrogen and oxygen atoms in total. The fraction of sp³-hybridized carbons (Fsp3) is 1.00. The molecule has 4 aliphatic rings. The standard InChI is InChI=1S/C22H38/c1-2-9-17(10-3-1)19-14-6-7-15-21(19)22-16-8-12-18-11-4-5-13-20(18)22/h17-22H,1-16H2. The Bertz CT molecular complexity index is 338. The van der Waals surface area contributed by atoms with E-state index in [1.807, 2.05) is 0 Å². The zero-order chi connectivity index (χ0) is 14.8. The van der Waals surface area contributed by atoms with Crippen LogP contribution in [-0.2, 0) is 0 Å². The van der Waals surface area contributed by atoms with Crippen molar-refractivity contribution in [1.82, 2.24) is 0 Å². The predicted octanol–water partition coefficient (Wildman–Crippen LogP) is 6.98. The van der Waals surface area contributed by atoms with Crippen LogP contribution in [0.1, 0.15) is 103 Å². The highest BCUT2D eigenvalue weighted by atomic mass is 14.5. The van der Waals surface area contributed by atoms with Crippen molar-refractivity contribution in [3.05, 3.63) is 0 Å². The maximum atomic E-state index is 1.61. The molecule has 4 saturated carbocycles. The molecule has 0 saturated heterocycles. The lowest BCUT2D eigenvalue weighted by Gasteiger charge is -2.50. The first kappa shape index (κ1) is 15.5. The maximum Gasteiger partial charge on any atom is -0.0352 e. The van der Waals surface area contributed by atoms with E-state index in [2.05, 4.69) is 0 Å². The highest BCUT2D eigenvalue weighted by Crippen LogP contribution is 2.53. The van der Waals surface area contributed by atoms with Crippen molar-refractivity contribution in [3.8, 4) is 0 Å². The van der Waals surface area contributed by atoms with Gasteiger partial charge >= 0.3 is 0 Å². The van der Waals surface area contributed by atoms with Gasteiger partial charge in [0.25, 0.3) is 0 Å². The Morgan fingerprint density at radius 3 is 1.23 bits per heavy atom. The van der Waals surface area contributed by atoms with E-state index in [4.69, 9.17) is 0 Å². The predicted molar refractivity (Wildman–Crippen MR) is 94.8 cm³/mol. The Morgan fingerprint density at radius 1 is 0.273 bits per heavy atom. The van der Waals surface area contributed by atoms with Crippen LogP contribution in [0, 0.1) is 35.5 Å². The smallest absolute Gasteiger partial charge is 0.0352 e. The second kappa shape index (κ2) is 7.27. The Hall–Kier alpha value is 0. The van der Waals surface area contributed by atoms with Crippen LogP contribution >= 0.6 is 0 Å². The number of hydrogen-bond acceptors (Lipinski definition) is 0. The van der Waals surface area contributed by atoms with Crippen LogP contribution in [0.4, 0.5) is 0 Å². The molecule has 4 aliphatic carbocycles. The molecule has 0 bridgehead atoms. The fourth-order valence-corrected chi connectivity index (χ4v) is 7.39. The number of fused-ring (bicyclic) bond motifs is 1. The molecular formula is C22H38. The lowest BCUT2D eigenvalue weighted by atomic mass is 9.55. The molecule has 22 heavy (non-hydrogen) atoms. The lowest BCUT2D eigenvalue weighted by Crippen LogP contribution is -2.41. The average molecular weight is 303 g/mol. The van der Waals surface area contributed by atoms with Gasteiger partial charge in [-0.25, -0.2) is 0 Å². The largest absolute Gasteiger partial charge is 0.0533 e. The van der Waals surface area contributed by atoms with Gasteiger partial charge < -0.3 is 0 Å². The van der Waals surface area contributed by atoms with Crippen LogP contribution in [0.3, 0.4) is 0 Å². The third kappa shape index (κ3) is 3.13. The van der Waals surface area contributed by atoms with Gasteiger partial charge in [-0.05, 0) is 61.2 Å². The first-order valence-electron chi connectivity index (χ1n) is 10.9. The summed E-state index contributed by atoms with van der Waals surface area (Å²) in [6.07, 6.45) is 25.2. The van der Waals surface area contributed by atoms with Gasteiger partial charge in [0.2, 0.25) is 0 Å². The third-order valence-corrected chi connectivity index (χ3v) is 8.31. The van der Waals surface area contributed by atoms with Crippen molar-refractivity contribution in [2.45, 2.75) is 103 Å². The van der Waals surface area contributed by atoms with Crippen molar-refractivity contribution in [1.29, 1.82) is 0 Å². The summed E-state index contributed by atoms with van der Waals surface area (Å²) in [5.41, 5.74) is 0. The molecule has 0 aromatic carbocycles. The van der Waals surface area contributed by atoms with E-state index in [-0.39, 0.29) is 0 Å². The Labute approximate surface area is 138 Å². The van der Waals surface area contributed by atoms with E-state index in [1.54, 1.807) is 96.3 Å². The summed E-state index contributed by atoms with van der Waals surface area (Å²) in [6, 6.07) is 0. The molecule has 5 unspecified atom stereocenters. The van der Waals surface area contributed by atoms with Crippen molar-refractivity contribution >= 4 is 0 Å². The quantitative estimate of drug-likeness (QED) is 0.516. The maximum absolute atomic E-state index is 1.61. The Morgan fingerprint density at radius 2 is 0.636 bits per heavy atom. The number of rotatable bonds is 2. The minimum Gasteiger partial charge on any atom is -0.0533 e. The molecule has 0 N–H and O–H groups in total. The van der Waals surface area contributed by atoms with Crippen LogP contribution in [0.2, 0.25) is 0 Å². The molecule has 4 fully saturated rings. The highest BCUT2D eigenvalue weighted by molar-refractivity contribution is 4.93. The molecule has 126 valence electrons. The summed E-state index contributed by atoms with van der Waals surface area (Å²) < 4.78 is 0. The highest BCUT2D eigenvalue weighted by Gasteiger charge is 2.43. The van der Waals surface area contributed by atoms with Crippen molar-refractivity contribution in [2.75, 3.05) is 0 Å². The van der Waals surface area contributed by atoms with Gasteiger partial charge in [-0.3, -0.25) is 0 Å². The molecular weight excluding hydrogens is 264 g/mol. The minimum atomic E-state index is 1.13. The average Bonchev–Trinajstić information content (AvgIpc) is 2.62. The minimum absolute atomic E-state index is 1.13. The van der Waals surface area contributed by atoms with Crippen LogP contribution in [0.25, 0.3) is 0 Å². The number of hydrogen-bond donors (Lipinski definition) is 0. The summed E-state index contributed by atoms with van der Waals surface area (Å²) in [4.78, 5) is 0. The summed E-state index contributed by atoms with van der Waals surface area (Å²) in [6.45, 7) is 0. The molecule has 0 aliphatic heterocycles. The zero-order valence-electron chi connectivity index (χ0n) is 14.8. The zero-order valence-corrected chi connectivity index (χ0v) is 14.8. The van der Waals surface area contributed by atoms with E-state index in [9.17, 15) is 0 Å². The SMILES string of the molecule is C1CCC(C2CCCCC2C2CCCC3CCCCC32)CC1. The third-order valence-electron chi connectivity index (χ3n) is 8.31. The molecule has 4 rings (SSSR count). The van der Waals surface area contributed by atoms with Crippen LogP contribution < -0.4 is 0 Å². The summed E-state index contributed by atoms with van der Waals surface area (Å²) in [7, 11) is 0. The molecule has 5 atom stereocenters. The van der Waals surface area contributed by atoms with Gasteiger partial charge in [-0.1, -0.05) is 77.0 Å². The van der Waals surface area contributed by atoms with Gasteiger partial charge in [0, 0.05) is 0 Å². The molecule has 0 aromatic heterocycles. The molecule has 0 heteroatoms. The van der Waals surface area contributed by atoms with E-state index in [0.717, 1.165) is 35.5 Å². The van der Waals surface area contributed by atoms with Gasteiger partial charge in [-0.15, -0.1) is 0 Å². The summed E-state index contributed by atoms with van der Waals surface area (Å²) in [5, 5.41) is 0. The van der Waals surface area contributed by atoms with Crippen molar-refractivity contribution < 1.29 is 0 Å². The van der Waals surface area contributed by atoms with E-state index in [0.29, 0.717) is 0 Å². The molecule has 0 aromatic rings. The molecule has 0 radical (unpaired) electrons. The van der Waals surface area contributed by atoms with Gasteiger partial charge in [0.15, 0.2) is 0 Å². The van der Waals surface area contributed by atoms with Crippen LogP contribution in [-0.4, -0.2) is 0 Å². The Balaban J connectivity index is 1.49. The van der Waals surface area contributed by atoms with Crippen molar-refractivity contribution in [3.63, 3.8) is 0 Å². The van der Waals surface area contributed by atoms with Crippen molar-refractivity contribution in [2.24, 2.45) is 35.5 Å². The molecule has 0 heterocycles. The monoisotopic (exact) mass is 302 g/mol. The second-order valence-electron chi connectivity index (χ2n) is 9.31. The molecule has 0 amide bonds.